The fraction of sp³-hybridized carbons (Fsp3) is 0.0769. The van der Waals surface area contributed by atoms with Gasteiger partial charge in [-0.2, -0.15) is 0 Å². The number of nitro benzene ring substituents is 1. The number of nitrogens with zero attached hydrogens (tertiary/aromatic N) is 2. The van der Waals surface area contributed by atoms with Crippen LogP contribution in [0.2, 0.25) is 0 Å². The van der Waals surface area contributed by atoms with Crippen LogP contribution in [0.4, 0.5) is 11.4 Å². The molecule has 1 aromatic carbocycles. The number of hydrogen-bond donors (Lipinski definition) is 1. The fourth-order valence-electron chi connectivity index (χ4n) is 1.62. The molecule has 0 saturated heterocycles. The van der Waals surface area contributed by atoms with E-state index >= 15 is 0 Å². The van der Waals surface area contributed by atoms with E-state index in [0.29, 0.717) is 15.7 Å². The van der Waals surface area contributed by atoms with Crippen molar-refractivity contribution in [1.29, 1.82) is 0 Å². The van der Waals surface area contributed by atoms with E-state index in [1.807, 2.05) is 0 Å². The van der Waals surface area contributed by atoms with E-state index < -0.39 is 10.8 Å². The lowest BCUT2D eigenvalue weighted by molar-refractivity contribution is -0.385. The molecule has 0 spiro atoms. The predicted octanol–water partition coefficient (Wildman–Crippen LogP) is 3.31. The van der Waals surface area contributed by atoms with Gasteiger partial charge in [-0.3, -0.25) is 19.9 Å². The van der Waals surface area contributed by atoms with Gasteiger partial charge in [0.05, 0.1) is 15.1 Å². The molecular weight excluding hydrogens is 326 g/mol. The number of carbonyl (C=O) groups excluding carboxylic acids is 1. The lowest BCUT2D eigenvalue weighted by atomic mass is 10.1. The number of nitro groups is 1. The lowest BCUT2D eigenvalue weighted by Gasteiger charge is -2.07. The molecule has 20 heavy (non-hydrogen) atoms. The van der Waals surface area contributed by atoms with Gasteiger partial charge in [-0.25, -0.2) is 0 Å². The van der Waals surface area contributed by atoms with Crippen LogP contribution in [-0.2, 0) is 0 Å². The Hall–Kier alpha value is -2.28. The number of pyridine rings is 1. The zero-order valence-corrected chi connectivity index (χ0v) is 12.0. The summed E-state index contributed by atoms with van der Waals surface area (Å²) in [5.41, 5.74) is 1.21. The number of aromatic nitrogens is 1. The first kappa shape index (κ1) is 14.1. The zero-order valence-electron chi connectivity index (χ0n) is 10.5. The van der Waals surface area contributed by atoms with Crippen molar-refractivity contribution < 1.29 is 9.72 Å². The van der Waals surface area contributed by atoms with Gasteiger partial charge in [0.2, 0.25) is 0 Å². The van der Waals surface area contributed by atoms with Crippen LogP contribution in [0, 0.1) is 17.0 Å². The van der Waals surface area contributed by atoms with Crippen molar-refractivity contribution in [2.75, 3.05) is 5.32 Å². The monoisotopic (exact) mass is 335 g/mol. The molecule has 0 saturated carbocycles. The van der Waals surface area contributed by atoms with Crippen LogP contribution in [0.1, 0.15) is 15.9 Å². The van der Waals surface area contributed by atoms with E-state index in [1.54, 1.807) is 31.3 Å². The molecule has 102 valence electrons. The number of carbonyl (C=O) groups is 1. The molecule has 1 heterocycles. The van der Waals surface area contributed by atoms with Gasteiger partial charge in [0.1, 0.15) is 0 Å². The molecule has 0 bridgehead atoms. The van der Waals surface area contributed by atoms with Crippen LogP contribution in [0.15, 0.2) is 41.1 Å². The summed E-state index contributed by atoms with van der Waals surface area (Å²) >= 11 is 3.26. The maximum atomic E-state index is 12.1. The molecule has 0 aliphatic carbocycles. The summed E-state index contributed by atoms with van der Waals surface area (Å²) in [4.78, 5) is 26.3. The van der Waals surface area contributed by atoms with Crippen LogP contribution in [0.25, 0.3) is 0 Å². The van der Waals surface area contributed by atoms with E-state index in [-0.39, 0.29) is 11.3 Å². The number of amides is 1. The second-order valence-electron chi connectivity index (χ2n) is 4.07. The average molecular weight is 336 g/mol. The molecule has 2 rings (SSSR count). The molecule has 0 aliphatic heterocycles. The molecule has 0 aliphatic rings. The number of halogens is 1. The standard InChI is InChI=1S/C13H10BrN3O3/c1-8-2-3-9(6-12(8)17(19)20)13(18)16-11-4-5-15-7-10(11)14/h2-7H,1H3,(H,15,16,18). The molecule has 0 unspecified atom stereocenters. The van der Waals surface area contributed by atoms with Crippen LogP contribution in [0.5, 0.6) is 0 Å². The highest BCUT2D eigenvalue weighted by molar-refractivity contribution is 9.10. The molecule has 1 aromatic heterocycles. The van der Waals surface area contributed by atoms with Gasteiger partial charge < -0.3 is 5.32 Å². The Morgan fingerprint density at radius 3 is 2.80 bits per heavy atom. The summed E-state index contributed by atoms with van der Waals surface area (Å²) in [5.74, 6) is -0.417. The first-order valence-corrected chi connectivity index (χ1v) is 6.44. The second kappa shape index (κ2) is 5.79. The smallest absolute Gasteiger partial charge is 0.273 e. The quantitative estimate of drug-likeness (QED) is 0.688. The third-order valence-electron chi connectivity index (χ3n) is 2.69. The number of hydrogen-bond acceptors (Lipinski definition) is 4. The third kappa shape index (κ3) is 3.00. The molecule has 0 fully saturated rings. The van der Waals surface area contributed by atoms with Crippen molar-refractivity contribution in [3.8, 4) is 0 Å². The van der Waals surface area contributed by atoms with Gasteiger partial charge >= 0.3 is 0 Å². The molecule has 1 N–H and O–H groups in total. The van der Waals surface area contributed by atoms with Crippen molar-refractivity contribution in [1.82, 2.24) is 4.98 Å². The van der Waals surface area contributed by atoms with Crippen LogP contribution < -0.4 is 5.32 Å². The second-order valence-corrected chi connectivity index (χ2v) is 4.92. The van der Waals surface area contributed by atoms with Gasteiger partial charge in [0.15, 0.2) is 0 Å². The molecule has 0 atom stereocenters. The summed E-state index contributed by atoms with van der Waals surface area (Å²) in [6, 6.07) is 5.99. The lowest BCUT2D eigenvalue weighted by Crippen LogP contribution is -2.12. The van der Waals surface area contributed by atoms with E-state index in [0.717, 1.165) is 0 Å². The maximum absolute atomic E-state index is 12.1. The molecule has 6 nitrogen and oxygen atoms in total. The Bertz CT molecular complexity index is 688. The van der Waals surface area contributed by atoms with Crippen LogP contribution in [0.3, 0.4) is 0 Å². The minimum absolute atomic E-state index is 0.0774. The Balaban J connectivity index is 2.28. The first-order valence-electron chi connectivity index (χ1n) is 5.65. The maximum Gasteiger partial charge on any atom is 0.273 e. The van der Waals surface area contributed by atoms with E-state index in [9.17, 15) is 14.9 Å². The SMILES string of the molecule is Cc1ccc(C(=O)Nc2ccncc2Br)cc1[N+](=O)[O-]. The summed E-state index contributed by atoms with van der Waals surface area (Å²) < 4.78 is 0.634. The van der Waals surface area contributed by atoms with Crippen LogP contribution >= 0.6 is 15.9 Å². The van der Waals surface area contributed by atoms with Crippen molar-refractivity contribution >= 4 is 33.2 Å². The number of aryl methyl sites for hydroxylation is 1. The first-order chi connectivity index (χ1) is 9.49. The Morgan fingerprint density at radius 2 is 2.15 bits per heavy atom. The number of nitrogens with one attached hydrogen (secondary N) is 1. The normalized spacial score (nSPS) is 10.1. The van der Waals surface area contributed by atoms with E-state index in [2.05, 4.69) is 26.2 Å². The van der Waals surface area contributed by atoms with Crippen molar-refractivity contribution in [3.05, 3.63) is 62.4 Å². The molecule has 1 amide bonds. The highest BCUT2D eigenvalue weighted by Gasteiger charge is 2.15. The minimum Gasteiger partial charge on any atom is -0.321 e. The van der Waals surface area contributed by atoms with E-state index in [4.69, 9.17) is 0 Å². The number of benzene rings is 1. The average Bonchev–Trinajstić information content (AvgIpc) is 2.41. The van der Waals surface area contributed by atoms with Crippen molar-refractivity contribution in [3.63, 3.8) is 0 Å². The molecule has 2 aromatic rings. The summed E-state index contributed by atoms with van der Waals surface area (Å²) in [6.07, 6.45) is 3.09. The van der Waals surface area contributed by atoms with Crippen molar-refractivity contribution in [2.24, 2.45) is 0 Å². The topological polar surface area (TPSA) is 85.1 Å². The summed E-state index contributed by atoms with van der Waals surface area (Å²) in [5, 5.41) is 13.5. The predicted molar refractivity (Wildman–Crippen MR) is 77.7 cm³/mol. The van der Waals surface area contributed by atoms with Crippen LogP contribution in [-0.4, -0.2) is 15.8 Å². The Morgan fingerprint density at radius 1 is 1.40 bits per heavy atom. The zero-order chi connectivity index (χ0) is 14.7. The third-order valence-corrected chi connectivity index (χ3v) is 3.32. The van der Waals surface area contributed by atoms with Gasteiger partial charge in [-0.05, 0) is 35.0 Å². The number of rotatable bonds is 3. The van der Waals surface area contributed by atoms with Gasteiger partial charge in [0.25, 0.3) is 11.6 Å². The summed E-state index contributed by atoms with van der Waals surface area (Å²) in [7, 11) is 0. The molecular formula is C13H10BrN3O3. The minimum atomic E-state index is -0.505. The molecule has 0 radical (unpaired) electrons. The molecule has 7 heteroatoms. The van der Waals surface area contributed by atoms with Gasteiger partial charge in [0, 0.05) is 29.6 Å². The van der Waals surface area contributed by atoms with Crippen molar-refractivity contribution in [2.45, 2.75) is 6.92 Å². The largest absolute Gasteiger partial charge is 0.321 e. The Labute approximate surface area is 123 Å². The summed E-state index contributed by atoms with van der Waals surface area (Å²) in [6.45, 7) is 1.62. The fourth-order valence-corrected chi connectivity index (χ4v) is 1.97. The van der Waals surface area contributed by atoms with E-state index in [1.165, 1.54) is 12.3 Å². The van der Waals surface area contributed by atoms with Gasteiger partial charge in [-0.1, -0.05) is 6.07 Å². The number of anilines is 1. The van der Waals surface area contributed by atoms with Gasteiger partial charge in [-0.15, -0.1) is 0 Å². The Kier molecular flexibility index (Phi) is 4.09. The highest BCUT2D eigenvalue weighted by Crippen LogP contribution is 2.23. The highest BCUT2D eigenvalue weighted by atomic mass is 79.9.